The summed E-state index contributed by atoms with van der Waals surface area (Å²) < 4.78 is 38.5. The smallest absolute Gasteiger partial charge is 0.416 e. The van der Waals surface area contributed by atoms with Gasteiger partial charge in [-0.1, -0.05) is 42.5 Å². The van der Waals surface area contributed by atoms with Gasteiger partial charge in [0.2, 0.25) is 0 Å². The molecule has 3 nitrogen and oxygen atoms in total. The van der Waals surface area contributed by atoms with Gasteiger partial charge < -0.3 is 5.73 Å². The van der Waals surface area contributed by atoms with Crippen LogP contribution in [0.1, 0.15) is 11.3 Å². The zero-order chi connectivity index (χ0) is 21.3. The molecular weight excluding hydrogens is 387 g/mol. The Hall–Kier alpha value is -3.67. The molecule has 2 aromatic heterocycles. The number of pyridine rings is 2. The van der Waals surface area contributed by atoms with Crippen LogP contribution in [0.5, 0.6) is 0 Å². The maximum Gasteiger partial charge on any atom is 0.416 e. The van der Waals surface area contributed by atoms with Crippen LogP contribution in [0.4, 0.5) is 18.9 Å². The van der Waals surface area contributed by atoms with E-state index in [0.29, 0.717) is 22.6 Å². The third kappa shape index (κ3) is 4.17. The van der Waals surface area contributed by atoms with Gasteiger partial charge in [-0.05, 0) is 60.0 Å². The second-order valence-corrected chi connectivity index (χ2v) is 6.95. The minimum absolute atomic E-state index is 0.401. The second kappa shape index (κ2) is 7.63. The molecular formula is C24H17F3N3-. The Morgan fingerprint density at radius 2 is 1.37 bits per heavy atom. The summed E-state index contributed by atoms with van der Waals surface area (Å²) in [5.41, 5.74) is 12.5. The van der Waals surface area contributed by atoms with Crippen molar-refractivity contribution in [2.75, 3.05) is 0 Å². The van der Waals surface area contributed by atoms with Crippen LogP contribution in [0.2, 0.25) is 0 Å². The fourth-order valence-corrected chi connectivity index (χ4v) is 3.23. The first-order chi connectivity index (χ1) is 14.3. The third-order valence-corrected chi connectivity index (χ3v) is 4.67. The van der Waals surface area contributed by atoms with Crippen LogP contribution in [-0.2, 0) is 6.18 Å². The minimum Gasteiger partial charge on any atom is -0.699 e. The molecule has 0 radical (unpaired) electrons. The molecule has 0 aliphatic carbocycles. The quantitative estimate of drug-likeness (QED) is 0.355. The second-order valence-electron chi connectivity index (χ2n) is 6.95. The van der Waals surface area contributed by atoms with Gasteiger partial charge in [-0.2, -0.15) is 13.2 Å². The van der Waals surface area contributed by atoms with Crippen molar-refractivity contribution in [2.24, 2.45) is 0 Å². The molecule has 30 heavy (non-hydrogen) atoms. The highest BCUT2D eigenvalue weighted by Gasteiger charge is 2.30. The average Bonchev–Trinajstić information content (AvgIpc) is 2.73. The Morgan fingerprint density at radius 1 is 0.667 bits per heavy atom. The summed E-state index contributed by atoms with van der Waals surface area (Å²) in [4.78, 5) is 9.24. The number of hydrogen-bond donors (Lipinski definition) is 0. The highest BCUT2D eigenvalue weighted by atomic mass is 19.4. The lowest BCUT2D eigenvalue weighted by atomic mass is 10.0. The number of rotatable bonds is 3. The van der Waals surface area contributed by atoms with Gasteiger partial charge in [0, 0.05) is 5.69 Å². The average molecular weight is 404 g/mol. The molecule has 0 aliphatic heterocycles. The SMILES string of the molecule is Cc1cc(-c2ccc(C(F)(F)F)cc2)cc(-c2cccc(-c3cccc([NH-])c3)n2)n1. The van der Waals surface area contributed by atoms with Gasteiger partial charge in [-0.3, -0.25) is 4.98 Å². The number of alkyl halides is 3. The maximum absolute atomic E-state index is 12.8. The van der Waals surface area contributed by atoms with Crippen molar-refractivity contribution in [3.8, 4) is 33.8 Å². The summed E-state index contributed by atoms with van der Waals surface area (Å²) in [5.74, 6) is 0. The van der Waals surface area contributed by atoms with E-state index in [1.54, 1.807) is 18.2 Å². The molecule has 0 spiro atoms. The minimum atomic E-state index is -4.36. The van der Waals surface area contributed by atoms with E-state index in [2.05, 4.69) is 9.97 Å². The summed E-state index contributed by atoms with van der Waals surface area (Å²) in [7, 11) is 0. The zero-order valence-electron chi connectivity index (χ0n) is 16.0. The molecule has 0 amide bonds. The maximum atomic E-state index is 12.8. The Morgan fingerprint density at radius 3 is 2.07 bits per heavy atom. The molecule has 0 saturated carbocycles. The zero-order valence-corrected chi connectivity index (χ0v) is 16.0. The third-order valence-electron chi connectivity index (χ3n) is 4.67. The van der Waals surface area contributed by atoms with E-state index in [4.69, 9.17) is 5.73 Å². The summed E-state index contributed by atoms with van der Waals surface area (Å²) in [6, 6.07) is 21.5. The van der Waals surface area contributed by atoms with E-state index < -0.39 is 11.7 Å². The van der Waals surface area contributed by atoms with Crippen molar-refractivity contribution >= 4 is 5.69 Å². The normalized spacial score (nSPS) is 11.5. The van der Waals surface area contributed by atoms with Gasteiger partial charge in [0.15, 0.2) is 0 Å². The lowest BCUT2D eigenvalue weighted by Crippen LogP contribution is -2.04. The molecule has 0 aliphatic rings. The number of nitrogens with one attached hydrogen (secondary N) is 1. The number of aromatic nitrogens is 2. The van der Waals surface area contributed by atoms with Crippen molar-refractivity contribution < 1.29 is 13.2 Å². The van der Waals surface area contributed by atoms with Gasteiger partial charge >= 0.3 is 6.18 Å². The topological polar surface area (TPSA) is 49.6 Å². The van der Waals surface area contributed by atoms with Crippen LogP contribution in [0.15, 0.2) is 78.9 Å². The molecule has 0 saturated heterocycles. The van der Waals surface area contributed by atoms with Gasteiger partial charge in [0.05, 0.1) is 22.6 Å². The highest BCUT2D eigenvalue weighted by molar-refractivity contribution is 5.72. The monoisotopic (exact) mass is 404 g/mol. The van der Waals surface area contributed by atoms with Crippen molar-refractivity contribution in [2.45, 2.75) is 13.1 Å². The number of halogens is 3. The van der Waals surface area contributed by atoms with Crippen molar-refractivity contribution in [1.82, 2.24) is 9.97 Å². The summed E-state index contributed by atoms with van der Waals surface area (Å²) in [6.45, 7) is 1.84. The number of hydrogen-bond acceptors (Lipinski definition) is 2. The van der Waals surface area contributed by atoms with E-state index in [1.807, 2.05) is 43.3 Å². The standard InChI is InChI=1S/C24H17F3N3/c1-15-12-18(16-8-10-19(11-9-16)24(25,26)27)14-23(29-15)22-7-3-6-21(30-22)17-4-2-5-20(28)13-17/h2-14,28H,1H3/q-1. The molecule has 150 valence electrons. The van der Waals surface area contributed by atoms with Gasteiger partial charge in [-0.25, -0.2) is 4.98 Å². The molecule has 0 fully saturated rings. The van der Waals surface area contributed by atoms with Crippen LogP contribution >= 0.6 is 0 Å². The summed E-state index contributed by atoms with van der Waals surface area (Å²) >= 11 is 0. The summed E-state index contributed by atoms with van der Waals surface area (Å²) in [6.07, 6.45) is -4.36. The van der Waals surface area contributed by atoms with Crippen molar-refractivity contribution in [1.29, 1.82) is 0 Å². The highest BCUT2D eigenvalue weighted by Crippen LogP contribution is 2.32. The van der Waals surface area contributed by atoms with E-state index in [9.17, 15) is 13.2 Å². The van der Waals surface area contributed by atoms with E-state index in [-0.39, 0.29) is 0 Å². The van der Waals surface area contributed by atoms with Crippen LogP contribution in [0.3, 0.4) is 0 Å². The molecule has 0 unspecified atom stereocenters. The lowest BCUT2D eigenvalue weighted by Gasteiger charge is -2.11. The molecule has 0 bridgehead atoms. The van der Waals surface area contributed by atoms with Crippen molar-refractivity contribution in [3.63, 3.8) is 0 Å². The Labute approximate surface area is 172 Å². The van der Waals surface area contributed by atoms with Crippen LogP contribution in [-0.4, -0.2) is 9.97 Å². The molecule has 4 aromatic rings. The fourth-order valence-electron chi connectivity index (χ4n) is 3.23. The van der Waals surface area contributed by atoms with E-state index in [0.717, 1.165) is 34.6 Å². The molecule has 6 heteroatoms. The van der Waals surface area contributed by atoms with Crippen molar-refractivity contribution in [3.05, 3.63) is 95.9 Å². The van der Waals surface area contributed by atoms with Gasteiger partial charge in [0.25, 0.3) is 0 Å². The lowest BCUT2D eigenvalue weighted by molar-refractivity contribution is -0.137. The molecule has 4 rings (SSSR count). The first-order valence-electron chi connectivity index (χ1n) is 9.25. The molecule has 2 aromatic carbocycles. The van der Waals surface area contributed by atoms with Gasteiger partial charge in [-0.15, -0.1) is 5.69 Å². The molecule has 0 atom stereocenters. The number of nitrogens with zero attached hydrogens (tertiary/aromatic N) is 2. The predicted molar refractivity (Wildman–Crippen MR) is 112 cm³/mol. The Balaban J connectivity index is 1.73. The van der Waals surface area contributed by atoms with E-state index >= 15 is 0 Å². The fraction of sp³-hybridized carbons (Fsp3) is 0.0833. The number of benzene rings is 2. The van der Waals surface area contributed by atoms with Crippen LogP contribution in [0.25, 0.3) is 39.5 Å². The van der Waals surface area contributed by atoms with E-state index in [1.165, 1.54) is 12.1 Å². The first kappa shape index (κ1) is 19.6. The molecule has 1 N–H and O–H groups in total. The Kier molecular flexibility index (Phi) is 4.99. The van der Waals surface area contributed by atoms with Crippen LogP contribution < -0.4 is 0 Å². The molecule has 2 heterocycles. The largest absolute Gasteiger partial charge is 0.699 e. The van der Waals surface area contributed by atoms with Gasteiger partial charge in [0.1, 0.15) is 0 Å². The predicted octanol–water partition coefficient (Wildman–Crippen LogP) is 7.49. The summed E-state index contributed by atoms with van der Waals surface area (Å²) in [5, 5.41) is 0. The van der Waals surface area contributed by atoms with Crippen LogP contribution in [0, 0.1) is 6.92 Å². The Bertz CT molecular complexity index is 1200. The number of aryl methyl sites for hydroxylation is 1. The first-order valence-corrected chi connectivity index (χ1v) is 9.25.